The van der Waals surface area contributed by atoms with Gasteiger partial charge in [0.25, 0.3) is 0 Å². The molecule has 0 unspecified atom stereocenters. The van der Waals surface area contributed by atoms with Crippen molar-refractivity contribution in [1.29, 1.82) is 0 Å². The first-order valence-electron chi connectivity index (χ1n) is 5.38. The highest BCUT2D eigenvalue weighted by molar-refractivity contribution is 5.74. The zero-order valence-electron chi connectivity index (χ0n) is 9.91. The van der Waals surface area contributed by atoms with Crippen molar-refractivity contribution in [2.45, 2.75) is 20.8 Å². The minimum Gasteiger partial charge on any atom is -0.397 e. The topological polar surface area (TPSA) is 38.9 Å². The first-order chi connectivity index (χ1) is 7.61. The number of pyridine rings is 1. The summed E-state index contributed by atoms with van der Waals surface area (Å²) in [5.74, 6) is 0. The number of hydrogen-bond donors (Lipinski definition) is 1. The average molecular weight is 212 g/mol. The van der Waals surface area contributed by atoms with Crippen LogP contribution in [0.5, 0.6) is 0 Å². The highest BCUT2D eigenvalue weighted by atomic mass is 14.7. The Morgan fingerprint density at radius 2 is 1.69 bits per heavy atom. The standard InChI is InChI=1S/C14H16N2/c1-9-5-4-6-12(10(9)2)13-7-16-8-14(15)11(13)3/h4-8H,15H2,1-3H3. The van der Waals surface area contributed by atoms with Crippen molar-refractivity contribution >= 4 is 5.69 Å². The van der Waals surface area contributed by atoms with Gasteiger partial charge >= 0.3 is 0 Å². The lowest BCUT2D eigenvalue weighted by Crippen LogP contribution is -1.96. The summed E-state index contributed by atoms with van der Waals surface area (Å²) in [6.07, 6.45) is 3.58. The lowest BCUT2D eigenvalue weighted by atomic mass is 9.95. The largest absolute Gasteiger partial charge is 0.397 e. The van der Waals surface area contributed by atoms with Gasteiger partial charge in [-0.3, -0.25) is 4.98 Å². The molecule has 0 amide bonds. The molecule has 2 aromatic rings. The Morgan fingerprint density at radius 1 is 0.938 bits per heavy atom. The Balaban J connectivity index is 2.68. The van der Waals surface area contributed by atoms with Gasteiger partial charge in [-0.05, 0) is 43.0 Å². The quantitative estimate of drug-likeness (QED) is 0.788. The third kappa shape index (κ3) is 1.67. The maximum absolute atomic E-state index is 5.88. The van der Waals surface area contributed by atoms with E-state index in [2.05, 4.69) is 37.0 Å². The summed E-state index contributed by atoms with van der Waals surface area (Å²) in [5.41, 5.74) is 12.7. The molecule has 1 heterocycles. The predicted molar refractivity (Wildman–Crippen MR) is 68.3 cm³/mol. The molecule has 2 nitrogen and oxygen atoms in total. The van der Waals surface area contributed by atoms with Crippen molar-refractivity contribution in [3.8, 4) is 11.1 Å². The third-order valence-corrected chi connectivity index (χ3v) is 3.15. The van der Waals surface area contributed by atoms with Gasteiger partial charge in [0, 0.05) is 11.8 Å². The van der Waals surface area contributed by atoms with Gasteiger partial charge in [0.05, 0.1) is 11.9 Å². The van der Waals surface area contributed by atoms with Crippen LogP contribution in [0.4, 0.5) is 5.69 Å². The molecule has 0 atom stereocenters. The monoisotopic (exact) mass is 212 g/mol. The van der Waals surface area contributed by atoms with Gasteiger partial charge < -0.3 is 5.73 Å². The summed E-state index contributed by atoms with van der Waals surface area (Å²) in [5, 5.41) is 0. The Hall–Kier alpha value is -1.83. The number of nitrogens with zero attached hydrogens (tertiary/aromatic N) is 1. The second-order valence-electron chi connectivity index (χ2n) is 4.15. The van der Waals surface area contributed by atoms with E-state index in [1.807, 2.05) is 13.1 Å². The molecule has 0 spiro atoms. The van der Waals surface area contributed by atoms with Crippen LogP contribution in [-0.2, 0) is 0 Å². The molecule has 0 fully saturated rings. The SMILES string of the molecule is Cc1cccc(-c2cncc(N)c2C)c1C. The van der Waals surface area contributed by atoms with Gasteiger partial charge in [0.2, 0.25) is 0 Å². The molecule has 0 saturated carbocycles. The van der Waals surface area contributed by atoms with Gasteiger partial charge in [-0.25, -0.2) is 0 Å². The second kappa shape index (κ2) is 3.97. The Bertz CT molecular complexity index is 481. The summed E-state index contributed by atoms with van der Waals surface area (Å²) in [6.45, 7) is 6.29. The Kier molecular flexibility index (Phi) is 2.65. The van der Waals surface area contributed by atoms with Crippen LogP contribution in [0.25, 0.3) is 11.1 Å². The summed E-state index contributed by atoms with van der Waals surface area (Å²) < 4.78 is 0. The van der Waals surface area contributed by atoms with E-state index in [-0.39, 0.29) is 0 Å². The van der Waals surface area contributed by atoms with Crippen LogP contribution >= 0.6 is 0 Å². The number of aromatic nitrogens is 1. The smallest absolute Gasteiger partial charge is 0.0536 e. The van der Waals surface area contributed by atoms with E-state index in [9.17, 15) is 0 Å². The predicted octanol–water partition coefficient (Wildman–Crippen LogP) is 3.26. The summed E-state index contributed by atoms with van der Waals surface area (Å²) >= 11 is 0. The highest BCUT2D eigenvalue weighted by Crippen LogP contribution is 2.29. The summed E-state index contributed by atoms with van der Waals surface area (Å²) in [6, 6.07) is 6.31. The number of aryl methyl sites for hydroxylation is 1. The number of nitrogens with two attached hydrogens (primary N) is 1. The van der Waals surface area contributed by atoms with Gasteiger partial charge in [0.15, 0.2) is 0 Å². The minimum absolute atomic E-state index is 0.749. The van der Waals surface area contributed by atoms with E-state index in [4.69, 9.17) is 5.73 Å². The van der Waals surface area contributed by atoms with Crippen molar-refractivity contribution in [3.05, 3.63) is 47.3 Å². The van der Waals surface area contributed by atoms with Gasteiger partial charge in [0.1, 0.15) is 0 Å². The van der Waals surface area contributed by atoms with Crippen LogP contribution < -0.4 is 5.73 Å². The molecule has 0 aliphatic carbocycles. The molecule has 0 radical (unpaired) electrons. The first kappa shape index (κ1) is 10.7. The number of nitrogen functional groups attached to an aromatic ring is 1. The number of rotatable bonds is 1. The third-order valence-electron chi connectivity index (χ3n) is 3.15. The fourth-order valence-corrected chi connectivity index (χ4v) is 1.86. The fraction of sp³-hybridized carbons (Fsp3) is 0.214. The number of anilines is 1. The molecule has 0 bridgehead atoms. The van der Waals surface area contributed by atoms with E-state index in [0.29, 0.717) is 0 Å². The molecule has 2 heteroatoms. The molecule has 0 aliphatic rings. The van der Waals surface area contributed by atoms with E-state index < -0.39 is 0 Å². The minimum atomic E-state index is 0.749. The maximum Gasteiger partial charge on any atom is 0.0536 e. The van der Waals surface area contributed by atoms with Crippen LogP contribution in [0.1, 0.15) is 16.7 Å². The zero-order chi connectivity index (χ0) is 11.7. The lowest BCUT2D eigenvalue weighted by Gasteiger charge is -2.12. The Labute approximate surface area is 96.1 Å². The Morgan fingerprint density at radius 3 is 2.44 bits per heavy atom. The van der Waals surface area contributed by atoms with Crippen LogP contribution in [-0.4, -0.2) is 4.98 Å². The summed E-state index contributed by atoms with van der Waals surface area (Å²) in [7, 11) is 0. The molecule has 0 aliphatic heterocycles. The van der Waals surface area contributed by atoms with Crippen molar-refractivity contribution in [2.24, 2.45) is 0 Å². The van der Waals surface area contributed by atoms with Gasteiger partial charge in [-0.15, -0.1) is 0 Å². The van der Waals surface area contributed by atoms with Crippen molar-refractivity contribution < 1.29 is 0 Å². The van der Waals surface area contributed by atoms with Crippen LogP contribution in [0.3, 0.4) is 0 Å². The van der Waals surface area contributed by atoms with Gasteiger partial charge in [-0.2, -0.15) is 0 Å². The lowest BCUT2D eigenvalue weighted by molar-refractivity contribution is 1.27. The van der Waals surface area contributed by atoms with Crippen LogP contribution in [0.2, 0.25) is 0 Å². The normalized spacial score (nSPS) is 10.4. The summed E-state index contributed by atoms with van der Waals surface area (Å²) in [4.78, 5) is 4.17. The molecular formula is C14H16N2. The fourth-order valence-electron chi connectivity index (χ4n) is 1.86. The van der Waals surface area contributed by atoms with Crippen molar-refractivity contribution in [3.63, 3.8) is 0 Å². The van der Waals surface area contributed by atoms with E-state index in [1.165, 1.54) is 16.7 Å². The highest BCUT2D eigenvalue weighted by Gasteiger charge is 2.08. The van der Waals surface area contributed by atoms with Gasteiger partial charge in [-0.1, -0.05) is 18.2 Å². The van der Waals surface area contributed by atoms with E-state index >= 15 is 0 Å². The van der Waals surface area contributed by atoms with Crippen LogP contribution in [0, 0.1) is 20.8 Å². The zero-order valence-corrected chi connectivity index (χ0v) is 9.91. The van der Waals surface area contributed by atoms with E-state index in [0.717, 1.165) is 16.8 Å². The molecule has 2 rings (SSSR count). The van der Waals surface area contributed by atoms with Crippen LogP contribution in [0.15, 0.2) is 30.6 Å². The number of benzene rings is 1. The second-order valence-corrected chi connectivity index (χ2v) is 4.15. The molecule has 82 valence electrons. The first-order valence-corrected chi connectivity index (χ1v) is 5.38. The molecule has 2 N–H and O–H groups in total. The van der Waals surface area contributed by atoms with Crippen molar-refractivity contribution in [1.82, 2.24) is 4.98 Å². The molecule has 16 heavy (non-hydrogen) atoms. The maximum atomic E-state index is 5.88. The molecule has 1 aromatic heterocycles. The number of hydrogen-bond acceptors (Lipinski definition) is 2. The molecule has 0 saturated heterocycles. The molecular weight excluding hydrogens is 196 g/mol. The van der Waals surface area contributed by atoms with Crippen molar-refractivity contribution in [2.75, 3.05) is 5.73 Å². The average Bonchev–Trinajstić information content (AvgIpc) is 2.27. The van der Waals surface area contributed by atoms with E-state index in [1.54, 1.807) is 6.20 Å². The molecule has 1 aromatic carbocycles.